The summed E-state index contributed by atoms with van der Waals surface area (Å²) in [6.45, 7) is 0.823. The van der Waals surface area contributed by atoms with Crippen LogP contribution in [0.2, 0.25) is 0 Å². The lowest BCUT2D eigenvalue weighted by atomic mass is 9.96. The molecule has 0 N–H and O–H groups in total. The Labute approximate surface area is 79.7 Å². The van der Waals surface area contributed by atoms with Crippen LogP contribution < -0.4 is 0 Å². The predicted octanol–water partition coefficient (Wildman–Crippen LogP) is 1.96. The molecule has 0 aliphatic heterocycles. The number of thiocarbonyl (C=S) groups is 1. The molecule has 0 heterocycles. The van der Waals surface area contributed by atoms with Crippen LogP contribution in [0.4, 0.5) is 0 Å². The van der Waals surface area contributed by atoms with Crippen LogP contribution in [0, 0.1) is 0 Å². The maximum Gasteiger partial charge on any atom is 0.0676 e. The summed E-state index contributed by atoms with van der Waals surface area (Å²) in [7, 11) is 4.26. The predicted molar refractivity (Wildman–Crippen MR) is 54.8 cm³/mol. The Bertz CT molecular complexity index is 189. The van der Waals surface area contributed by atoms with E-state index in [1.165, 1.54) is 25.7 Å². The van der Waals surface area contributed by atoms with Gasteiger partial charge in [-0.15, -0.1) is 0 Å². The van der Waals surface area contributed by atoms with Gasteiger partial charge in [0, 0.05) is 5.54 Å². The van der Waals surface area contributed by atoms with Gasteiger partial charge in [-0.25, -0.2) is 4.99 Å². The third-order valence-corrected chi connectivity index (χ3v) is 3.05. The van der Waals surface area contributed by atoms with Crippen molar-refractivity contribution in [1.29, 1.82) is 0 Å². The lowest BCUT2D eigenvalue weighted by Crippen LogP contribution is -2.44. The van der Waals surface area contributed by atoms with Crippen molar-refractivity contribution >= 4 is 17.4 Å². The molecule has 68 valence electrons. The van der Waals surface area contributed by atoms with Crippen LogP contribution in [-0.4, -0.2) is 36.2 Å². The third kappa shape index (κ3) is 1.92. The number of likely N-dealkylation sites (N-methyl/N-ethyl adjacent to an activating group) is 1. The molecule has 0 aromatic carbocycles. The van der Waals surface area contributed by atoms with Crippen LogP contribution in [0.15, 0.2) is 4.99 Å². The van der Waals surface area contributed by atoms with Crippen molar-refractivity contribution in [2.24, 2.45) is 4.99 Å². The first-order valence-electron chi connectivity index (χ1n) is 4.42. The maximum atomic E-state index is 4.59. The molecule has 1 aliphatic carbocycles. The number of isothiocyanates is 1. The van der Waals surface area contributed by atoms with Gasteiger partial charge >= 0.3 is 0 Å². The quantitative estimate of drug-likeness (QED) is 0.492. The number of nitrogens with zero attached hydrogens (tertiary/aromatic N) is 2. The third-order valence-electron chi connectivity index (χ3n) is 2.92. The summed E-state index contributed by atoms with van der Waals surface area (Å²) >= 11 is 4.59. The summed E-state index contributed by atoms with van der Waals surface area (Å²) in [5.41, 5.74) is 0.284. The van der Waals surface area contributed by atoms with Crippen LogP contribution in [0.5, 0.6) is 0 Å². The molecule has 1 saturated carbocycles. The standard InChI is InChI=1S/C9H16N2S/c1-11(2)9(7-10-8-12)5-3-4-6-9/h3-7H2,1-2H3. The van der Waals surface area contributed by atoms with E-state index in [-0.39, 0.29) is 5.54 Å². The molecule has 1 fully saturated rings. The van der Waals surface area contributed by atoms with Crippen LogP contribution >= 0.6 is 12.2 Å². The highest BCUT2D eigenvalue weighted by Crippen LogP contribution is 2.33. The molecular formula is C9H16N2S. The van der Waals surface area contributed by atoms with E-state index >= 15 is 0 Å². The molecule has 0 atom stereocenters. The van der Waals surface area contributed by atoms with Crippen molar-refractivity contribution < 1.29 is 0 Å². The monoisotopic (exact) mass is 184 g/mol. The SMILES string of the molecule is CN(C)C1(CN=C=S)CCCC1. The van der Waals surface area contributed by atoms with Crippen molar-refractivity contribution in [3.05, 3.63) is 0 Å². The zero-order chi connectivity index (χ0) is 9.03. The van der Waals surface area contributed by atoms with E-state index < -0.39 is 0 Å². The van der Waals surface area contributed by atoms with E-state index in [9.17, 15) is 0 Å². The van der Waals surface area contributed by atoms with Crippen LogP contribution in [0.1, 0.15) is 25.7 Å². The Hall–Kier alpha value is -0.240. The summed E-state index contributed by atoms with van der Waals surface area (Å²) in [5.74, 6) is 0. The van der Waals surface area contributed by atoms with E-state index in [4.69, 9.17) is 0 Å². The van der Waals surface area contributed by atoms with E-state index in [0.717, 1.165) is 6.54 Å². The minimum absolute atomic E-state index is 0.284. The fourth-order valence-electron chi connectivity index (χ4n) is 1.96. The first kappa shape index (κ1) is 9.85. The first-order chi connectivity index (χ1) is 5.71. The Kier molecular flexibility index (Phi) is 3.39. The van der Waals surface area contributed by atoms with E-state index in [1.54, 1.807) is 0 Å². The van der Waals surface area contributed by atoms with Gasteiger partial charge in [-0.3, -0.25) is 0 Å². The Balaban J connectivity index is 2.64. The lowest BCUT2D eigenvalue weighted by Gasteiger charge is -2.34. The smallest absolute Gasteiger partial charge is 0.0676 e. The summed E-state index contributed by atoms with van der Waals surface area (Å²) in [6, 6.07) is 0. The van der Waals surface area contributed by atoms with Crippen LogP contribution in [0.25, 0.3) is 0 Å². The average molecular weight is 184 g/mol. The minimum Gasteiger partial charge on any atom is -0.302 e. The molecule has 0 amide bonds. The Morgan fingerprint density at radius 2 is 2.00 bits per heavy atom. The van der Waals surface area contributed by atoms with Crippen molar-refractivity contribution in [1.82, 2.24) is 4.90 Å². The molecular weight excluding hydrogens is 168 g/mol. The van der Waals surface area contributed by atoms with Gasteiger partial charge in [-0.2, -0.15) is 0 Å². The molecule has 12 heavy (non-hydrogen) atoms. The molecule has 0 bridgehead atoms. The number of hydrogen-bond donors (Lipinski definition) is 0. The normalized spacial score (nSPS) is 20.9. The number of rotatable bonds is 3. The zero-order valence-electron chi connectivity index (χ0n) is 7.84. The highest BCUT2D eigenvalue weighted by Gasteiger charge is 2.35. The van der Waals surface area contributed by atoms with Crippen molar-refractivity contribution in [3.8, 4) is 0 Å². The molecule has 0 unspecified atom stereocenters. The molecule has 0 saturated heterocycles. The molecule has 0 spiro atoms. The summed E-state index contributed by atoms with van der Waals surface area (Å²) in [6.07, 6.45) is 5.15. The fraction of sp³-hybridized carbons (Fsp3) is 0.889. The van der Waals surface area contributed by atoms with Crippen LogP contribution in [-0.2, 0) is 0 Å². The number of aliphatic imine (C=N–C) groups is 1. The lowest BCUT2D eigenvalue weighted by molar-refractivity contribution is 0.168. The second kappa shape index (κ2) is 4.13. The topological polar surface area (TPSA) is 15.6 Å². The van der Waals surface area contributed by atoms with Crippen molar-refractivity contribution in [2.45, 2.75) is 31.2 Å². The fourth-order valence-corrected chi connectivity index (χ4v) is 2.02. The second-order valence-corrected chi connectivity index (χ2v) is 3.92. The van der Waals surface area contributed by atoms with E-state index in [2.05, 4.69) is 41.4 Å². The van der Waals surface area contributed by atoms with Gasteiger partial charge in [0.25, 0.3) is 0 Å². The molecule has 0 aromatic rings. The van der Waals surface area contributed by atoms with E-state index in [1.807, 2.05) is 0 Å². The van der Waals surface area contributed by atoms with Gasteiger partial charge in [-0.05, 0) is 39.2 Å². The zero-order valence-corrected chi connectivity index (χ0v) is 8.65. The summed E-state index contributed by atoms with van der Waals surface area (Å²) in [4.78, 5) is 6.36. The second-order valence-electron chi connectivity index (χ2n) is 3.73. The number of hydrogen-bond acceptors (Lipinski definition) is 3. The molecule has 2 nitrogen and oxygen atoms in total. The Morgan fingerprint density at radius 3 is 2.42 bits per heavy atom. The van der Waals surface area contributed by atoms with Gasteiger partial charge in [-0.1, -0.05) is 12.8 Å². The van der Waals surface area contributed by atoms with Gasteiger partial charge in [0.1, 0.15) is 0 Å². The van der Waals surface area contributed by atoms with Crippen LogP contribution in [0.3, 0.4) is 0 Å². The van der Waals surface area contributed by atoms with Crippen molar-refractivity contribution in [2.75, 3.05) is 20.6 Å². The maximum absolute atomic E-state index is 4.59. The minimum atomic E-state index is 0.284. The highest BCUT2D eigenvalue weighted by molar-refractivity contribution is 7.78. The highest BCUT2D eigenvalue weighted by atomic mass is 32.1. The Morgan fingerprint density at radius 1 is 1.42 bits per heavy atom. The summed E-state index contributed by atoms with van der Waals surface area (Å²) < 4.78 is 0. The molecule has 3 heteroatoms. The van der Waals surface area contributed by atoms with E-state index in [0.29, 0.717) is 0 Å². The van der Waals surface area contributed by atoms with Gasteiger partial charge < -0.3 is 4.90 Å². The van der Waals surface area contributed by atoms with Gasteiger partial charge in [0.05, 0.1) is 11.7 Å². The van der Waals surface area contributed by atoms with Gasteiger partial charge in [0.15, 0.2) is 0 Å². The largest absolute Gasteiger partial charge is 0.302 e. The van der Waals surface area contributed by atoms with Gasteiger partial charge in [0.2, 0.25) is 0 Å². The summed E-state index contributed by atoms with van der Waals surface area (Å²) in [5, 5.41) is 2.46. The van der Waals surface area contributed by atoms with Crippen molar-refractivity contribution in [3.63, 3.8) is 0 Å². The average Bonchev–Trinajstić information content (AvgIpc) is 2.50. The molecule has 1 rings (SSSR count). The molecule has 0 radical (unpaired) electrons. The molecule has 1 aliphatic rings. The molecule has 0 aromatic heterocycles. The first-order valence-corrected chi connectivity index (χ1v) is 4.83.